The van der Waals surface area contributed by atoms with Gasteiger partial charge < -0.3 is 15.0 Å². The van der Waals surface area contributed by atoms with E-state index in [1.54, 1.807) is 0 Å². The van der Waals surface area contributed by atoms with Crippen molar-refractivity contribution in [1.82, 2.24) is 10.2 Å². The van der Waals surface area contributed by atoms with Gasteiger partial charge in [-0.2, -0.15) is 0 Å². The molecule has 0 aromatic carbocycles. The van der Waals surface area contributed by atoms with Crippen LogP contribution in [0.3, 0.4) is 0 Å². The van der Waals surface area contributed by atoms with Crippen molar-refractivity contribution in [2.24, 2.45) is 0 Å². The number of hydrogen-bond acceptors (Lipinski definition) is 3. The second-order valence-corrected chi connectivity index (χ2v) is 5.15. The van der Waals surface area contributed by atoms with Gasteiger partial charge in [0.05, 0.1) is 6.10 Å². The molecular formula is C13H28N2O. The second kappa shape index (κ2) is 8.04. The molecule has 0 aliphatic carbocycles. The number of unbranched alkanes of at least 4 members (excludes halogenated alkanes) is 1. The molecule has 16 heavy (non-hydrogen) atoms. The third-order valence-electron chi connectivity index (χ3n) is 2.99. The molecule has 1 unspecified atom stereocenters. The van der Waals surface area contributed by atoms with Crippen LogP contribution in [0, 0.1) is 0 Å². The first-order chi connectivity index (χ1) is 7.68. The molecule has 0 spiro atoms. The Hall–Kier alpha value is -0.120. The van der Waals surface area contributed by atoms with Gasteiger partial charge >= 0.3 is 0 Å². The average molecular weight is 228 g/mol. The lowest BCUT2D eigenvalue weighted by atomic mass is 10.2. The minimum absolute atomic E-state index is 0.413. The monoisotopic (exact) mass is 228 g/mol. The summed E-state index contributed by atoms with van der Waals surface area (Å²) in [7, 11) is 0. The topological polar surface area (TPSA) is 24.5 Å². The molecule has 1 heterocycles. The molecule has 1 atom stereocenters. The Balaban J connectivity index is 2.02. The third kappa shape index (κ3) is 6.46. The van der Waals surface area contributed by atoms with Crippen molar-refractivity contribution in [1.29, 1.82) is 0 Å². The van der Waals surface area contributed by atoms with Gasteiger partial charge in [0.2, 0.25) is 0 Å². The van der Waals surface area contributed by atoms with Crippen LogP contribution in [0.2, 0.25) is 0 Å². The van der Waals surface area contributed by atoms with Crippen molar-refractivity contribution in [3.05, 3.63) is 0 Å². The predicted molar refractivity (Wildman–Crippen MR) is 68.8 cm³/mol. The average Bonchev–Trinajstić information content (AvgIpc) is 2.42. The first-order valence-electron chi connectivity index (χ1n) is 6.76. The Kier molecular flexibility index (Phi) is 7.01. The molecule has 96 valence electrons. The highest BCUT2D eigenvalue weighted by molar-refractivity contribution is 4.67. The molecule has 1 aliphatic rings. The van der Waals surface area contributed by atoms with Crippen LogP contribution in [0.1, 0.15) is 40.0 Å². The van der Waals surface area contributed by atoms with Crippen LogP contribution in [0.15, 0.2) is 0 Å². The van der Waals surface area contributed by atoms with E-state index in [0.717, 1.165) is 19.7 Å². The lowest BCUT2D eigenvalue weighted by Crippen LogP contribution is -2.31. The number of nitrogens with one attached hydrogen (secondary N) is 1. The minimum atomic E-state index is 0.413. The van der Waals surface area contributed by atoms with Crippen LogP contribution in [-0.2, 0) is 4.74 Å². The summed E-state index contributed by atoms with van der Waals surface area (Å²) in [6.07, 6.45) is 4.18. The van der Waals surface area contributed by atoms with Gasteiger partial charge in [-0.3, -0.25) is 0 Å². The summed E-state index contributed by atoms with van der Waals surface area (Å²) in [4.78, 5) is 2.55. The fraction of sp³-hybridized carbons (Fsp3) is 1.00. The van der Waals surface area contributed by atoms with Crippen LogP contribution in [-0.4, -0.2) is 49.8 Å². The van der Waals surface area contributed by atoms with E-state index in [1.165, 1.54) is 32.4 Å². The van der Waals surface area contributed by atoms with Crippen molar-refractivity contribution in [3.8, 4) is 0 Å². The Labute approximate surface area is 101 Å². The summed E-state index contributed by atoms with van der Waals surface area (Å²) in [6.45, 7) is 12.2. The zero-order valence-corrected chi connectivity index (χ0v) is 11.2. The molecule has 3 nitrogen and oxygen atoms in total. The molecule has 1 fully saturated rings. The number of hydrogen-bond donors (Lipinski definition) is 1. The SMILES string of the molecule is CC(C)NCCCCN1CCCOC(C)C1. The smallest absolute Gasteiger partial charge is 0.0673 e. The lowest BCUT2D eigenvalue weighted by Gasteiger charge is -2.21. The molecule has 0 amide bonds. The van der Waals surface area contributed by atoms with E-state index in [-0.39, 0.29) is 0 Å². The van der Waals surface area contributed by atoms with Crippen molar-refractivity contribution >= 4 is 0 Å². The van der Waals surface area contributed by atoms with E-state index in [0.29, 0.717) is 12.1 Å². The van der Waals surface area contributed by atoms with E-state index in [2.05, 4.69) is 31.0 Å². The van der Waals surface area contributed by atoms with Gasteiger partial charge in [-0.15, -0.1) is 0 Å². The molecule has 0 bridgehead atoms. The maximum Gasteiger partial charge on any atom is 0.0673 e. The molecule has 1 N–H and O–H groups in total. The van der Waals surface area contributed by atoms with Gasteiger partial charge in [0.25, 0.3) is 0 Å². The van der Waals surface area contributed by atoms with Crippen molar-refractivity contribution in [2.75, 3.05) is 32.8 Å². The zero-order chi connectivity index (χ0) is 11.8. The Morgan fingerprint density at radius 3 is 2.94 bits per heavy atom. The third-order valence-corrected chi connectivity index (χ3v) is 2.99. The Morgan fingerprint density at radius 2 is 2.19 bits per heavy atom. The summed E-state index contributed by atoms with van der Waals surface area (Å²) < 4.78 is 5.64. The number of rotatable bonds is 6. The molecule has 1 aliphatic heterocycles. The van der Waals surface area contributed by atoms with Gasteiger partial charge in [0, 0.05) is 25.7 Å². The number of ether oxygens (including phenoxy) is 1. The summed E-state index contributed by atoms with van der Waals surface area (Å²) in [5, 5.41) is 3.46. The highest BCUT2D eigenvalue weighted by Gasteiger charge is 2.13. The van der Waals surface area contributed by atoms with E-state index >= 15 is 0 Å². The molecule has 1 rings (SSSR count). The van der Waals surface area contributed by atoms with Gasteiger partial charge in [0.1, 0.15) is 0 Å². The van der Waals surface area contributed by atoms with Crippen LogP contribution >= 0.6 is 0 Å². The minimum Gasteiger partial charge on any atom is -0.377 e. The molecule has 1 saturated heterocycles. The molecule has 0 aromatic heterocycles. The highest BCUT2D eigenvalue weighted by Crippen LogP contribution is 2.06. The summed E-state index contributed by atoms with van der Waals surface area (Å²) in [5.74, 6) is 0. The van der Waals surface area contributed by atoms with Crippen LogP contribution < -0.4 is 5.32 Å². The van der Waals surface area contributed by atoms with Crippen molar-refractivity contribution in [3.63, 3.8) is 0 Å². The van der Waals surface area contributed by atoms with Crippen LogP contribution in [0.4, 0.5) is 0 Å². The molecule has 0 radical (unpaired) electrons. The zero-order valence-electron chi connectivity index (χ0n) is 11.2. The molecule has 3 heteroatoms. The maximum absolute atomic E-state index is 5.64. The first kappa shape index (κ1) is 13.9. The van der Waals surface area contributed by atoms with Gasteiger partial charge in [-0.05, 0) is 39.3 Å². The molecule has 0 aromatic rings. The Bertz CT molecular complexity index is 173. The van der Waals surface area contributed by atoms with E-state index < -0.39 is 0 Å². The van der Waals surface area contributed by atoms with Gasteiger partial charge in [0.15, 0.2) is 0 Å². The summed E-state index contributed by atoms with van der Waals surface area (Å²) in [5.41, 5.74) is 0. The van der Waals surface area contributed by atoms with Gasteiger partial charge in [-0.1, -0.05) is 13.8 Å². The lowest BCUT2D eigenvalue weighted by molar-refractivity contribution is 0.0675. The number of nitrogens with zero attached hydrogens (tertiary/aromatic N) is 1. The fourth-order valence-corrected chi connectivity index (χ4v) is 2.13. The molecular weight excluding hydrogens is 200 g/mol. The Morgan fingerprint density at radius 1 is 1.38 bits per heavy atom. The standard InChI is InChI=1S/C13H28N2O/c1-12(2)14-7-4-5-8-15-9-6-10-16-13(3)11-15/h12-14H,4-11H2,1-3H3. The summed E-state index contributed by atoms with van der Waals surface area (Å²) >= 11 is 0. The van der Waals surface area contributed by atoms with Crippen molar-refractivity contribution < 1.29 is 4.74 Å². The quantitative estimate of drug-likeness (QED) is 0.703. The fourth-order valence-electron chi connectivity index (χ4n) is 2.13. The normalized spacial score (nSPS) is 23.6. The van der Waals surface area contributed by atoms with E-state index in [4.69, 9.17) is 4.74 Å². The first-order valence-corrected chi connectivity index (χ1v) is 6.76. The van der Waals surface area contributed by atoms with E-state index in [9.17, 15) is 0 Å². The van der Waals surface area contributed by atoms with E-state index in [1.807, 2.05) is 0 Å². The highest BCUT2D eigenvalue weighted by atomic mass is 16.5. The second-order valence-electron chi connectivity index (χ2n) is 5.15. The van der Waals surface area contributed by atoms with Crippen LogP contribution in [0.5, 0.6) is 0 Å². The van der Waals surface area contributed by atoms with Gasteiger partial charge in [-0.25, -0.2) is 0 Å². The largest absolute Gasteiger partial charge is 0.377 e. The maximum atomic E-state index is 5.64. The predicted octanol–water partition coefficient (Wildman–Crippen LogP) is 1.88. The molecule has 0 saturated carbocycles. The van der Waals surface area contributed by atoms with Crippen LogP contribution in [0.25, 0.3) is 0 Å². The summed E-state index contributed by atoms with van der Waals surface area (Å²) in [6, 6.07) is 0.617. The van der Waals surface area contributed by atoms with Crippen molar-refractivity contribution in [2.45, 2.75) is 52.2 Å².